The molecule has 2 atom stereocenters. The molecule has 1 saturated heterocycles. The van der Waals surface area contributed by atoms with Crippen molar-refractivity contribution in [2.75, 3.05) is 30.0 Å². The zero-order valence-electron chi connectivity index (χ0n) is 14.5. The number of benzene rings is 1. The first-order chi connectivity index (χ1) is 12.1. The molecule has 25 heavy (non-hydrogen) atoms. The minimum Gasteiger partial charge on any atom is -0.369 e. The van der Waals surface area contributed by atoms with Crippen molar-refractivity contribution in [1.29, 1.82) is 5.26 Å². The van der Waals surface area contributed by atoms with Crippen molar-refractivity contribution in [3.05, 3.63) is 36.0 Å². The summed E-state index contributed by atoms with van der Waals surface area (Å²) in [5.41, 5.74) is 2.41. The zero-order chi connectivity index (χ0) is 17.8. The lowest BCUT2D eigenvalue weighted by Gasteiger charge is -2.38. The van der Waals surface area contributed by atoms with Crippen molar-refractivity contribution in [1.82, 2.24) is 10.3 Å². The molecule has 0 unspecified atom stereocenters. The Bertz CT molecular complexity index is 817. The molecule has 6 heteroatoms. The van der Waals surface area contributed by atoms with Gasteiger partial charge in [0.2, 0.25) is 5.91 Å². The number of piperidine rings is 1. The van der Waals surface area contributed by atoms with E-state index in [4.69, 9.17) is 0 Å². The number of pyridine rings is 1. The van der Waals surface area contributed by atoms with Gasteiger partial charge in [0.15, 0.2) is 0 Å². The summed E-state index contributed by atoms with van der Waals surface area (Å²) >= 11 is 1.54. The molecule has 1 aromatic heterocycles. The number of amides is 1. The van der Waals surface area contributed by atoms with Gasteiger partial charge in [-0.1, -0.05) is 6.92 Å². The molecule has 0 spiro atoms. The van der Waals surface area contributed by atoms with Crippen LogP contribution in [-0.2, 0) is 4.79 Å². The summed E-state index contributed by atoms with van der Waals surface area (Å²) in [4.78, 5) is 18.7. The van der Waals surface area contributed by atoms with Crippen LogP contribution in [0.25, 0.3) is 10.9 Å². The normalized spacial score (nSPS) is 20.3. The maximum Gasteiger partial charge on any atom is 0.230 e. The van der Waals surface area contributed by atoms with Crippen molar-refractivity contribution in [2.24, 2.45) is 5.92 Å². The summed E-state index contributed by atoms with van der Waals surface area (Å²) in [6.07, 6.45) is 4.64. The third-order valence-corrected chi connectivity index (χ3v) is 5.06. The van der Waals surface area contributed by atoms with E-state index in [1.807, 2.05) is 30.5 Å². The van der Waals surface area contributed by atoms with Gasteiger partial charge in [-0.3, -0.25) is 9.78 Å². The maximum absolute atomic E-state index is 12.0. The quantitative estimate of drug-likeness (QED) is 0.914. The van der Waals surface area contributed by atoms with E-state index in [0.717, 1.165) is 36.1 Å². The Hall–Kier alpha value is -2.26. The summed E-state index contributed by atoms with van der Waals surface area (Å²) in [7, 11) is 0. The molecule has 2 aromatic rings. The van der Waals surface area contributed by atoms with Crippen LogP contribution in [0.1, 0.15) is 18.9 Å². The predicted molar refractivity (Wildman–Crippen MR) is 103 cm³/mol. The third-order valence-electron chi connectivity index (χ3n) is 4.51. The summed E-state index contributed by atoms with van der Waals surface area (Å²) in [6, 6.07) is 10.1. The van der Waals surface area contributed by atoms with Crippen molar-refractivity contribution in [3.8, 4) is 6.07 Å². The molecule has 0 aliphatic carbocycles. The number of fused-ring (bicyclic) bond motifs is 1. The number of nitrogens with zero attached hydrogens (tertiary/aromatic N) is 3. The van der Waals surface area contributed by atoms with Gasteiger partial charge in [-0.15, -0.1) is 0 Å². The van der Waals surface area contributed by atoms with E-state index in [1.165, 1.54) is 11.8 Å². The van der Waals surface area contributed by atoms with Crippen LogP contribution in [-0.4, -0.2) is 42.0 Å². The monoisotopic (exact) mass is 354 g/mol. The summed E-state index contributed by atoms with van der Waals surface area (Å²) < 4.78 is 0. The van der Waals surface area contributed by atoms with Gasteiger partial charge in [-0.05, 0) is 42.9 Å². The molecule has 0 radical (unpaired) electrons. The number of nitriles is 1. The van der Waals surface area contributed by atoms with Crippen molar-refractivity contribution >= 4 is 34.3 Å². The molecular weight excluding hydrogens is 332 g/mol. The van der Waals surface area contributed by atoms with E-state index in [-0.39, 0.29) is 11.9 Å². The fourth-order valence-electron chi connectivity index (χ4n) is 3.58. The van der Waals surface area contributed by atoms with Crippen LogP contribution in [0, 0.1) is 17.2 Å². The molecule has 1 amide bonds. The van der Waals surface area contributed by atoms with Gasteiger partial charge in [-0.25, -0.2) is 0 Å². The molecule has 1 aliphatic rings. The lowest BCUT2D eigenvalue weighted by molar-refractivity contribution is -0.119. The Labute approximate surface area is 152 Å². The zero-order valence-corrected chi connectivity index (χ0v) is 15.3. The first-order valence-electron chi connectivity index (χ1n) is 8.43. The second kappa shape index (κ2) is 7.75. The van der Waals surface area contributed by atoms with Crippen molar-refractivity contribution in [2.45, 2.75) is 19.4 Å². The molecule has 1 fully saturated rings. The number of hydrogen-bond donors (Lipinski definition) is 1. The van der Waals surface area contributed by atoms with Crippen LogP contribution in [0.4, 0.5) is 5.69 Å². The predicted octanol–water partition coefficient (Wildman–Crippen LogP) is 2.80. The molecule has 0 saturated carbocycles. The topological polar surface area (TPSA) is 69.0 Å². The van der Waals surface area contributed by atoms with Crippen LogP contribution in [0.2, 0.25) is 0 Å². The minimum atomic E-state index is 0.0953. The van der Waals surface area contributed by atoms with Gasteiger partial charge in [0, 0.05) is 36.4 Å². The number of carbonyl (C=O) groups is 1. The standard InChI is InChI=1S/C19H22N4OS/c1-13-8-15(22-18(24)12-25-2)11-23(10-13)17-6-5-14(9-20)19-16(17)4-3-7-21-19/h3-7,13,15H,8,10-12H2,1-2H3,(H,22,24)/t13-,15+/m0/s1. The summed E-state index contributed by atoms with van der Waals surface area (Å²) in [6.45, 7) is 3.93. The number of aromatic nitrogens is 1. The van der Waals surface area contributed by atoms with Crippen molar-refractivity contribution < 1.29 is 4.79 Å². The highest BCUT2D eigenvalue weighted by atomic mass is 32.2. The van der Waals surface area contributed by atoms with Crippen LogP contribution in [0.15, 0.2) is 30.5 Å². The highest BCUT2D eigenvalue weighted by Crippen LogP contribution is 2.31. The second-order valence-corrected chi connectivity index (χ2v) is 7.45. The largest absolute Gasteiger partial charge is 0.369 e. The number of hydrogen-bond acceptors (Lipinski definition) is 5. The smallest absolute Gasteiger partial charge is 0.230 e. The summed E-state index contributed by atoms with van der Waals surface area (Å²) in [5.74, 6) is 1.07. The number of rotatable bonds is 4. The van der Waals surface area contributed by atoms with Gasteiger partial charge in [0.25, 0.3) is 0 Å². The highest BCUT2D eigenvalue weighted by Gasteiger charge is 2.27. The van der Waals surface area contributed by atoms with E-state index in [9.17, 15) is 10.1 Å². The molecule has 0 bridgehead atoms. The summed E-state index contributed by atoms with van der Waals surface area (Å²) in [5, 5.41) is 13.5. The molecule has 3 rings (SSSR count). The number of thioether (sulfide) groups is 1. The second-order valence-electron chi connectivity index (χ2n) is 6.59. The Morgan fingerprint density at radius 1 is 1.44 bits per heavy atom. The number of nitrogens with one attached hydrogen (secondary N) is 1. The van der Waals surface area contributed by atoms with Crippen molar-refractivity contribution in [3.63, 3.8) is 0 Å². The van der Waals surface area contributed by atoms with E-state index in [2.05, 4.69) is 28.2 Å². The lowest BCUT2D eigenvalue weighted by Crippen LogP contribution is -2.51. The first kappa shape index (κ1) is 17.6. The Morgan fingerprint density at radius 3 is 3.04 bits per heavy atom. The lowest BCUT2D eigenvalue weighted by atomic mass is 9.94. The van der Waals surface area contributed by atoms with E-state index in [0.29, 0.717) is 17.2 Å². The molecule has 130 valence electrons. The van der Waals surface area contributed by atoms with E-state index >= 15 is 0 Å². The highest BCUT2D eigenvalue weighted by molar-refractivity contribution is 7.99. The average molecular weight is 354 g/mol. The Balaban J connectivity index is 1.89. The number of carbonyl (C=O) groups excluding carboxylic acids is 1. The molecular formula is C19H22N4OS. The van der Waals surface area contributed by atoms with Crippen LogP contribution >= 0.6 is 11.8 Å². The van der Waals surface area contributed by atoms with Gasteiger partial charge in [-0.2, -0.15) is 17.0 Å². The molecule has 1 N–H and O–H groups in total. The fourth-order valence-corrected chi connectivity index (χ4v) is 3.92. The van der Waals surface area contributed by atoms with Crippen LogP contribution in [0.3, 0.4) is 0 Å². The average Bonchev–Trinajstić information content (AvgIpc) is 2.60. The van der Waals surface area contributed by atoms with E-state index < -0.39 is 0 Å². The van der Waals surface area contributed by atoms with Gasteiger partial charge in [0.1, 0.15) is 6.07 Å². The van der Waals surface area contributed by atoms with Gasteiger partial charge in [0.05, 0.1) is 16.8 Å². The third kappa shape index (κ3) is 3.88. The Kier molecular flexibility index (Phi) is 5.44. The molecule has 5 nitrogen and oxygen atoms in total. The SMILES string of the molecule is CSCC(=O)N[C@@H]1C[C@H](C)CN(c2ccc(C#N)c3ncccc23)C1. The minimum absolute atomic E-state index is 0.0953. The molecule has 1 aliphatic heterocycles. The van der Waals surface area contributed by atoms with Gasteiger partial charge < -0.3 is 10.2 Å². The van der Waals surface area contributed by atoms with Crippen LogP contribution < -0.4 is 10.2 Å². The molecule has 2 heterocycles. The Morgan fingerprint density at radius 2 is 2.28 bits per heavy atom. The fraction of sp³-hybridized carbons (Fsp3) is 0.421. The van der Waals surface area contributed by atoms with E-state index in [1.54, 1.807) is 6.20 Å². The maximum atomic E-state index is 12.0. The number of anilines is 1. The van der Waals surface area contributed by atoms with Crippen LogP contribution in [0.5, 0.6) is 0 Å². The first-order valence-corrected chi connectivity index (χ1v) is 9.82. The van der Waals surface area contributed by atoms with Gasteiger partial charge >= 0.3 is 0 Å². The molecule has 1 aromatic carbocycles.